The molecule has 0 saturated carbocycles. The first-order valence-corrected chi connectivity index (χ1v) is 6.11. The fourth-order valence-corrected chi connectivity index (χ4v) is 2.17. The summed E-state index contributed by atoms with van der Waals surface area (Å²) in [6.07, 6.45) is 1.58. The topological polar surface area (TPSA) is 81.5 Å². The van der Waals surface area contributed by atoms with Crippen molar-refractivity contribution >= 4 is 26.3 Å². The Bertz CT molecular complexity index is 585. The molecule has 1 unspecified atom stereocenters. The van der Waals surface area contributed by atoms with Gasteiger partial charge in [-0.25, -0.2) is 5.26 Å². The van der Waals surface area contributed by atoms with E-state index < -0.39 is 0 Å². The lowest BCUT2D eigenvalue weighted by Crippen LogP contribution is -2.04. The van der Waals surface area contributed by atoms with Crippen molar-refractivity contribution in [2.24, 2.45) is 0 Å². The molecule has 0 bridgehead atoms. The number of methoxy groups -OCH3 is 1. The van der Waals surface area contributed by atoms with E-state index >= 15 is 0 Å². The second-order valence-electron chi connectivity index (χ2n) is 3.18. The van der Waals surface area contributed by atoms with Crippen LogP contribution in [0.1, 0.15) is 0 Å². The van der Waals surface area contributed by atoms with Crippen LogP contribution in [0.3, 0.4) is 0 Å². The summed E-state index contributed by atoms with van der Waals surface area (Å²) < 4.78 is 11.9. The second kappa shape index (κ2) is 6.03. The molecule has 2 N–H and O–H groups in total. The van der Waals surface area contributed by atoms with Crippen molar-refractivity contribution in [3.05, 3.63) is 29.3 Å². The molecule has 0 fully saturated rings. The Balaban J connectivity index is 2.36. The normalized spacial score (nSPS) is 11.2. The van der Waals surface area contributed by atoms with Crippen molar-refractivity contribution in [3.63, 3.8) is 0 Å². The van der Waals surface area contributed by atoms with E-state index in [0.29, 0.717) is 10.5 Å². The van der Waals surface area contributed by atoms with Gasteiger partial charge in [-0.2, -0.15) is 9.77 Å². The van der Waals surface area contributed by atoms with E-state index in [1.165, 1.54) is 0 Å². The van der Waals surface area contributed by atoms with Crippen LogP contribution < -0.4 is 10.0 Å². The van der Waals surface area contributed by atoms with E-state index in [2.05, 4.69) is 19.9 Å². The Hall–Kier alpha value is -1.31. The number of benzene rings is 1. The number of ether oxygens (including phenoxy) is 1. The summed E-state index contributed by atoms with van der Waals surface area (Å²) in [5.74, 6) is 0.603. The van der Waals surface area contributed by atoms with E-state index in [0.717, 1.165) is 11.0 Å². The van der Waals surface area contributed by atoms with Gasteiger partial charge in [-0.1, -0.05) is 5.04 Å². The summed E-state index contributed by atoms with van der Waals surface area (Å²) in [6.45, 7) is 0. The number of nitrogens with zero attached hydrogens (tertiary/aromatic N) is 2. The van der Waals surface area contributed by atoms with Crippen molar-refractivity contribution in [1.29, 1.82) is 0 Å². The minimum atomic E-state index is -0.187. The van der Waals surface area contributed by atoms with Crippen LogP contribution in [-0.4, -0.2) is 27.1 Å². The van der Waals surface area contributed by atoms with Gasteiger partial charge in [-0.05, 0) is 24.4 Å². The molecule has 1 aromatic heterocycles. The smallest absolute Gasteiger partial charge is 0.199 e. The molecular formula is C9H10N3O4PS. The maximum Gasteiger partial charge on any atom is 0.199 e. The third-order valence-corrected chi connectivity index (χ3v) is 3.28. The minimum absolute atomic E-state index is 0.187. The molecule has 1 aromatic carbocycles. The number of hydrogen-bond donors (Lipinski definition) is 2. The van der Waals surface area contributed by atoms with Gasteiger partial charge in [0.05, 0.1) is 21.6 Å². The molecule has 0 aliphatic carbocycles. The van der Waals surface area contributed by atoms with Crippen LogP contribution in [0.5, 0.6) is 5.75 Å². The Labute approximate surface area is 109 Å². The number of hydrogen-bond acceptors (Lipinski definition) is 6. The third-order valence-electron chi connectivity index (χ3n) is 2.20. The van der Waals surface area contributed by atoms with Gasteiger partial charge in [0.2, 0.25) is 0 Å². The molecule has 7 nitrogen and oxygen atoms in total. The van der Waals surface area contributed by atoms with Crippen LogP contribution in [0.15, 0.2) is 24.5 Å². The quantitative estimate of drug-likeness (QED) is 0.376. The highest BCUT2D eigenvalue weighted by molar-refractivity contribution is 7.71. The Morgan fingerprint density at radius 3 is 2.94 bits per heavy atom. The van der Waals surface area contributed by atoms with Gasteiger partial charge in [0.25, 0.3) is 0 Å². The van der Waals surface area contributed by atoms with Gasteiger partial charge >= 0.3 is 0 Å². The molecule has 0 spiro atoms. The maximum absolute atomic E-state index is 8.15. The molecule has 2 aromatic rings. The Kier molecular flexibility index (Phi) is 4.40. The fraction of sp³-hybridized carbons (Fsp3) is 0.111. The van der Waals surface area contributed by atoms with E-state index in [4.69, 9.17) is 22.2 Å². The van der Waals surface area contributed by atoms with Crippen molar-refractivity contribution < 1.29 is 19.7 Å². The van der Waals surface area contributed by atoms with Gasteiger partial charge in [-0.15, -0.1) is 0 Å². The molecule has 1 atom stereocenters. The highest BCUT2D eigenvalue weighted by Crippen LogP contribution is 2.23. The van der Waals surface area contributed by atoms with Crippen molar-refractivity contribution in [2.75, 3.05) is 7.11 Å². The summed E-state index contributed by atoms with van der Waals surface area (Å²) >= 11 is 5.08. The molecule has 9 heteroatoms. The van der Waals surface area contributed by atoms with Gasteiger partial charge in [0, 0.05) is 11.4 Å². The van der Waals surface area contributed by atoms with Crippen molar-refractivity contribution in [3.8, 4) is 11.4 Å². The van der Waals surface area contributed by atoms with E-state index in [1.807, 2.05) is 6.07 Å². The van der Waals surface area contributed by atoms with Crippen LogP contribution in [0, 0.1) is 4.77 Å². The number of nitrogens with one attached hydrogen (secondary N) is 1. The molecule has 0 radical (unpaired) electrons. The molecule has 2 rings (SSSR count). The number of rotatable bonds is 5. The zero-order valence-electron chi connectivity index (χ0n) is 9.28. The summed E-state index contributed by atoms with van der Waals surface area (Å²) in [5, 5.41) is 19.0. The predicted molar refractivity (Wildman–Crippen MR) is 68.0 cm³/mol. The van der Waals surface area contributed by atoms with Crippen LogP contribution in [-0.2, 0) is 9.71 Å². The van der Waals surface area contributed by atoms with Crippen LogP contribution in [0.4, 0.5) is 0 Å². The molecule has 0 saturated heterocycles. The van der Waals surface area contributed by atoms with Crippen LogP contribution in [0.25, 0.3) is 5.69 Å². The minimum Gasteiger partial charge on any atom is -0.496 e. The third kappa shape index (κ3) is 2.74. The monoisotopic (exact) mass is 287 g/mol. The second-order valence-corrected chi connectivity index (χ2v) is 4.47. The van der Waals surface area contributed by atoms with Gasteiger partial charge < -0.3 is 4.74 Å². The molecule has 18 heavy (non-hydrogen) atoms. The molecule has 0 aliphatic rings. The summed E-state index contributed by atoms with van der Waals surface area (Å²) in [5.41, 5.74) is 0.809. The Morgan fingerprint density at radius 2 is 2.33 bits per heavy atom. The lowest BCUT2D eigenvalue weighted by molar-refractivity contribution is -0.434. The zero-order chi connectivity index (χ0) is 13.0. The van der Waals surface area contributed by atoms with Gasteiger partial charge in [-0.3, -0.25) is 9.67 Å². The first kappa shape index (κ1) is 13.1. The first-order valence-electron chi connectivity index (χ1n) is 4.80. The summed E-state index contributed by atoms with van der Waals surface area (Å²) in [7, 11) is 1.36. The molecule has 0 aliphatic heterocycles. The molecule has 1 heterocycles. The highest BCUT2D eigenvalue weighted by Gasteiger charge is 2.07. The van der Waals surface area contributed by atoms with Crippen LogP contribution >= 0.6 is 21.0 Å². The SMILES string of the molecule is COc1cc(-n2cn[nH]c2=S)ccc1POOO. The van der Waals surface area contributed by atoms with E-state index in [-0.39, 0.29) is 8.81 Å². The Morgan fingerprint density at radius 1 is 1.50 bits per heavy atom. The highest BCUT2D eigenvalue weighted by atomic mass is 32.1. The number of aromatic nitrogens is 3. The van der Waals surface area contributed by atoms with Crippen LogP contribution in [0.2, 0.25) is 0 Å². The van der Waals surface area contributed by atoms with E-state index in [9.17, 15) is 0 Å². The summed E-state index contributed by atoms with van der Waals surface area (Å²) in [4.78, 5) is 0. The number of H-pyrrole nitrogens is 1. The maximum atomic E-state index is 8.15. The summed E-state index contributed by atoms with van der Waals surface area (Å²) in [6, 6.07) is 5.41. The first-order chi connectivity index (χ1) is 8.76. The average Bonchev–Trinajstić information content (AvgIpc) is 2.82. The standard InChI is InChI=1S/C9H10N3O4PS/c1-14-7-4-6(12-5-10-11-9(12)18)2-3-8(7)17-16-15-13/h2-5,13,17H,1H3,(H,11,18). The molecule has 96 valence electrons. The molecular weight excluding hydrogens is 277 g/mol. The molecule has 0 amide bonds. The van der Waals surface area contributed by atoms with Gasteiger partial charge in [0.15, 0.2) is 4.77 Å². The largest absolute Gasteiger partial charge is 0.496 e. The zero-order valence-corrected chi connectivity index (χ0v) is 11.1. The lowest BCUT2D eigenvalue weighted by atomic mass is 10.3. The van der Waals surface area contributed by atoms with Gasteiger partial charge in [0.1, 0.15) is 12.1 Å². The predicted octanol–water partition coefficient (Wildman–Crippen LogP) is 1.58. The fourth-order valence-electron chi connectivity index (χ4n) is 1.41. The lowest BCUT2D eigenvalue weighted by Gasteiger charge is -2.09. The average molecular weight is 287 g/mol. The van der Waals surface area contributed by atoms with Crippen molar-refractivity contribution in [2.45, 2.75) is 0 Å². The number of aromatic amines is 1. The van der Waals surface area contributed by atoms with Crippen molar-refractivity contribution in [1.82, 2.24) is 14.8 Å². The van der Waals surface area contributed by atoms with E-state index in [1.54, 1.807) is 30.1 Å².